The van der Waals surface area contributed by atoms with Crippen LogP contribution in [0.5, 0.6) is 0 Å². The molecule has 0 aromatic carbocycles. The third-order valence-electron chi connectivity index (χ3n) is 5.99. The van der Waals surface area contributed by atoms with Crippen molar-refractivity contribution in [1.82, 2.24) is 0 Å². The van der Waals surface area contributed by atoms with E-state index in [4.69, 9.17) is 0 Å². The van der Waals surface area contributed by atoms with Crippen LogP contribution in [0.15, 0.2) is 12.2 Å². The second kappa shape index (κ2) is 26.8. The number of rotatable bonds is 24. The molecular formula is C26H51KO4S. The summed E-state index contributed by atoms with van der Waals surface area (Å²) >= 11 is 0. The molecule has 1 atom stereocenters. The SMILES string of the molecule is CCCC/C=C/C(CCCCCCCCCCCCCCCCCC)COS(=O)(=O)[O-].[K+]. The zero-order chi connectivity index (χ0) is 23.0. The second-order valence-electron chi connectivity index (χ2n) is 9.12. The van der Waals surface area contributed by atoms with Gasteiger partial charge >= 0.3 is 51.4 Å². The first-order valence-corrected chi connectivity index (χ1v) is 14.6. The fourth-order valence-electron chi connectivity index (χ4n) is 3.97. The van der Waals surface area contributed by atoms with Crippen molar-refractivity contribution in [3.63, 3.8) is 0 Å². The Morgan fingerprint density at radius 2 is 1.09 bits per heavy atom. The van der Waals surface area contributed by atoms with Gasteiger partial charge in [-0.05, 0) is 12.8 Å². The molecule has 0 saturated carbocycles. The van der Waals surface area contributed by atoms with E-state index in [9.17, 15) is 13.0 Å². The van der Waals surface area contributed by atoms with E-state index < -0.39 is 10.4 Å². The van der Waals surface area contributed by atoms with E-state index in [1.165, 1.54) is 96.3 Å². The second-order valence-corrected chi connectivity index (χ2v) is 10.2. The molecule has 6 heteroatoms. The van der Waals surface area contributed by atoms with Crippen molar-refractivity contribution in [2.75, 3.05) is 6.61 Å². The van der Waals surface area contributed by atoms with E-state index in [0.29, 0.717) is 0 Å². The standard InChI is InChI=1S/C26H52O4S.K/c1-3-5-7-9-10-11-12-13-14-15-16-17-18-19-20-22-24-26(23-21-8-6-4-2)25-30-31(27,28)29;/h21,23,26H,3-20,22,24-25H2,1-2H3,(H,27,28,29);/q;+1/p-1/b23-21+;. The molecule has 0 aromatic heterocycles. The molecule has 1 unspecified atom stereocenters. The summed E-state index contributed by atoms with van der Waals surface area (Å²) < 4.78 is 36.7. The molecule has 0 aliphatic carbocycles. The Bertz CT molecular complexity index is 494. The summed E-state index contributed by atoms with van der Waals surface area (Å²) in [6, 6.07) is 0. The Labute approximate surface area is 243 Å². The average Bonchev–Trinajstić information content (AvgIpc) is 2.73. The van der Waals surface area contributed by atoms with E-state index in [1.807, 2.05) is 6.08 Å². The minimum Gasteiger partial charge on any atom is -0.726 e. The van der Waals surface area contributed by atoms with Gasteiger partial charge < -0.3 is 4.55 Å². The normalized spacial score (nSPS) is 12.8. The number of unbranched alkanes of at least 4 members (excludes halogenated alkanes) is 17. The molecular weight excluding hydrogens is 447 g/mol. The van der Waals surface area contributed by atoms with Crippen LogP contribution < -0.4 is 51.4 Å². The van der Waals surface area contributed by atoms with Crippen molar-refractivity contribution in [2.45, 2.75) is 142 Å². The molecule has 0 aromatic rings. The number of hydrogen-bond donors (Lipinski definition) is 0. The first-order chi connectivity index (χ1) is 15.0. The van der Waals surface area contributed by atoms with Crippen LogP contribution in [-0.2, 0) is 14.6 Å². The molecule has 0 saturated heterocycles. The summed E-state index contributed by atoms with van der Waals surface area (Å²) in [5.41, 5.74) is 0. The monoisotopic (exact) mass is 498 g/mol. The Hall–Kier alpha value is 1.25. The molecule has 0 rings (SSSR count). The molecule has 0 radical (unpaired) electrons. The van der Waals surface area contributed by atoms with E-state index in [2.05, 4.69) is 24.1 Å². The smallest absolute Gasteiger partial charge is 0.726 e. The van der Waals surface area contributed by atoms with Crippen LogP contribution in [0.4, 0.5) is 0 Å². The van der Waals surface area contributed by atoms with Crippen molar-refractivity contribution in [3.8, 4) is 0 Å². The van der Waals surface area contributed by atoms with Crippen LogP contribution >= 0.6 is 0 Å². The maximum atomic E-state index is 10.7. The van der Waals surface area contributed by atoms with Crippen LogP contribution in [0.1, 0.15) is 142 Å². The van der Waals surface area contributed by atoms with Crippen molar-refractivity contribution in [1.29, 1.82) is 0 Å². The Balaban J connectivity index is 0. The minimum atomic E-state index is -4.60. The van der Waals surface area contributed by atoms with Crippen molar-refractivity contribution in [2.24, 2.45) is 5.92 Å². The minimum absolute atomic E-state index is 0. The van der Waals surface area contributed by atoms with Gasteiger partial charge in [0.1, 0.15) is 0 Å². The van der Waals surface area contributed by atoms with E-state index >= 15 is 0 Å². The zero-order valence-corrected chi connectivity index (χ0v) is 25.6. The maximum absolute atomic E-state index is 10.7. The van der Waals surface area contributed by atoms with Crippen LogP contribution in [0.2, 0.25) is 0 Å². The fraction of sp³-hybridized carbons (Fsp3) is 0.923. The van der Waals surface area contributed by atoms with Gasteiger partial charge in [-0.15, -0.1) is 0 Å². The predicted octanol–water partition coefficient (Wildman–Crippen LogP) is 5.48. The molecule has 0 N–H and O–H groups in total. The van der Waals surface area contributed by atoms with Crippen molar-refractivity contribution < 1.29 is 68.5 Å². The Morgan fingerprint density at radius 3 is 1.50 bits per heavy atom. The average molecular weight is 499 g/mol. The van der Waals surface area contributed by atoms with Gasteiger partial charge in [-0.3, -0.25) is 4.18 Å². The third-order valence-corrected chi connectivity index (χ3v) is 6.41. The summed E-state index contributed by atoms with van der Waals surface area (Å²) in [5, 5.41) is 0. The van der Waals surface area contributed by atoms with Gasteiger partial charge in [0.2, 0.25) is 10.4 Å². The molecule has 0 aliphatic heterocycles. The first kappa shape index (κ1) is 35.4. The molecule has 186 valence electrons. The van der Waals surface area contributed by atoms with Crippen LogP contribution in [0.25, 0.3) is 0 Å². The van der Waals surface area contributed by atoms with Gasteiger partial charge in [-0.1, -0.05) is 142 Å². The summed E-state index contributed by atoms with van der Waals surface area (Å²) in [4.78, 5) is 0. The number of hydrogen-bond acceptors (Lipinski definition) is 4. The summed E-state index contributed by atoms with van der Waals surface area (Å²) in [5.74, 6) is 0.0206. The molecule has 0 bridgehead atoms. The van der Waals surface area contributed by atoms with E-state index in [0.717, 1.165) is 32.1 Å². The van der Waals surface area contributed by atoms with E-state index in [1.54, 1.807) is 0 Å². The maximum Gasteiger partial charge on any atom is 1.00 e. The van der Waals surface area contributed by atoms with Crippen LogP contribution in [0, 0.1) is 5.92 Å². The summed E-state index contributed by atoms with van der Waals surface area (Å²) in [6.07, 6.45) is 29.7. The van der Waals surface area contributed by atoms with Crippen LogP contribution in [0.3, 0.4) is 0 Å². The van der Waals surface area contributed by atoms with Crippen molar-refractivity contribution in [3.05, 3.63) is 12.2 Å². The van der Waals surface area contributed by atoms with Crippen LogP contribution in [-0.4, -0.2) is 19.6 Å². The van der Waals surface area contributed by atoms with Gasteiger partial charge in [0, 0.05) is 5.92 Å². The molecule has 4 nitrogen and oxygen atoms in total. The fourth-order valence-corrected chi connectivity index (χ4v) is 4.31. The molecule has 0 fully saturated rings. The van der Waals surface area contributed by atoms with Crippen molar-refractivity contribution >= 4 is 10.4 Å². The molecule has 0 heterocycles. The molecule has 0 aliphatic rings. The molecule has 0 spiro atoms. The topological polar surface area (TPSA) is 66.4 Å². The zero-order valence-electron chi connectivity index (χ0n) is 21.6. The predicted molar refractivity (Wildman–Crippen MR) is 132 cm³/mol. The quantitative estimate of drug-likeness (QED) is 0.0581. The summed E-state index contributed by atoms with van der Waals surface area (Å²) in [7, 11) is -4.60. The van der Waals surface area contributed by atoms with Gasteiger partial charge in [-0.25, -0.2) is 8.42 Å². The summed E-state index contributed by atoms with van der Waals surface area (Å²) in [6.45, 7) is 4.40. The Morgan fingerprint density at radius 1 is 0.688 bits per heavy atom. The Kier molecular flexibility index (Phi) is 29.7. The number of allylic oxidation sites excluding steroid dienone is 1. The van der Waals surface area contributed by atoms with Gasteiger partial charge in [-0.2, -0.15) is 0 Å². The largest absolute Gasteiger partial charge is 1.00 e. The molecule has 32 heavy (non-hydrogen) atoms. The van der Waals surface area contributed by atoms with Gasteiger partial charge in [0.05, 0.1) is 6.61 Å². The van der Waals surface area contributed by atoms with Gasteiger partial charge in [0.15, 0.2) is 0 Å². The first-order valence-electron chi connectivity index (χ1n) is 13.3. The van der Waals surface area contributed by atoms with Gasteiger partial charge in [0.25, 0.3) is 0 Å². The molecule has 0 amide bonds. The van der Waals surface area contributed by atoms with E-state index in [-0.39, 0.29) is 63.9 Å². The third kappa shape index (κ3) is 29.3.